The normalized spacial score (nSPS) is 16.8. The zero-order valence-electron chi connectivity index (χ0n) is 20.6. The first-order valence-corrected chi connectivity index (χ1v) is 12.6. The number of amides is 2. The number of hydrogen-bond donors (Lipinski definition) is 0. The Kier molecular flexibility index (Phi) is 5.87. The van der Waals surface area contributed by atoms with Crippen molar-refractivity contribution in [3.05, 3.63) is 66.2 Å². The molecule has 3 aromatic heterocycles. The summed E-state index contributed by atoms with van der Waals surface area (Å²) in [6, 6.07) is 14.0. The van der Waals surface area contributed by atoms with Crippen LogP contribution >= 0.6 is 0 Å². The van der Waals surface area contributed by atoms with Crippen LogP contribution in [0.1, 0.15) is 42.5 Å². The molecular formula is C27H25FN8O2. The lowest BCUT2D eigenvalue weighted by atomic mass is 9.84. The standard InChI is InChI=1S/C27H25FN8O2/c28-22-5-2-1-4-21(22)25(38)33-14-11-27(10-13-29,12-15-33)35-17-19(16-30-35)23-6-3-7-24-31-26(32-36(23)24)34(18-37)20-8-9-20/h1-7,16-18,20H,8-12,14-15H2. The van der Waals surface area contributed by atoms with Crippen molar-refractivity contribution < 1.29 is 14.0 Å². The van der Waals surface area contributed by atoms with E-state index in [0.29, 0.717) is 37.5 Å². The van der Waals surface area contributed by atoms with Crippen molar-refractivity contribution in [3.8, 4) is 17.3 Å². The van der Waals surface area contributed by atoms with Crippen molar-refractivity contribution >= 4 is 23.9 Å². The first-order chi connectivity index (χ1) is 18.5. The summed E-state index contributed by atoms with van der Waals surface area (Å²) in [6.45, 7) is 0.767. The SMILES string of the molecule is N#CCC1(n2cc(-c3cccc4nc(N(C=O)C5CC5)nn34)cn2)CCN(C(=O)c2ccccc2F)CC1. The Morgan fingerprint density at radius 1 is 1.18 bits per heavy atom. The van der Waals surface area contributed by atoms with Crippen LogP contribution in [0, 0.1) is 17.1 Å². The zero-order chi connectivity index (χ0) is 26.3. The number of nitriles is 1. The van der Waals surface area contributed by atoms with E-state index in [1.165, 1.54) is 12.1 Å². The highest BCUT2D eigenvalue weighted by Crippen LogP contribution is 2.35. The Bertz CT molecular complexity index is 1560. The van der Waals surface area contributed by atoms with Crippen LogP contribution in [0.5, 0.6) is 0 Å². The van der Waals surface area contributed by atoms with Crippen LogP contribution in [0.3, 0.4) is 0 Å². The average Bonchev–Trinajstić information content (AvgIpc) is 3.46. The van der Waals surface area contributed by atoms with E-state index in [4.69, 9.17) is 0 Å². The van der Waals surface area contributed by atoms with Gasteiger partial charge in [0.2, 0.25) is 6.41 Å². The summed E-state index contributed by atoms with van der Waals surface area (Å²) in [7, 11) is 0. The number of anilines is 1. The van der Waals surface area contributed by atoms with Gasteiger partial charge in [0.25, 0.3) is 11.9 Å². The fraction of sp³-hybridized carbons (Fsp3) is 0.333. The van der Waals surface area contributed by atoms with Crippen molar-refractivity contribution in [2.45, 2.75) is 43.7 Å². The molecule has 1 aliphatic heterocycles. The second-order valence-electron chi connectivity index (χ2n) is 9.84. The van der Waals surface area contributed by atoms with E-state index in [9.17, 15) is 19.2 Å². The predicted molar refractivity (Wildman–Crippen MR) is 136 cm³/mol. The first kappa shape index (κ1) is 23.8. The van der Waals surface area contributed by atoms with Crippen molar-refractivity contribution in [2.24, 2.45) is 0 Å². The van der Waals surface area contributed by atoms with Gasteiger partial charge in [0.05, 0.1) is 35.5 Å². The summed E-state index contributed by atoms with van der Waals surface area (Å²) in [5.41, 5.74) is 1.62. The average molecular weight is 513 g/mol. The molecule has 2 amide bonds. The number of likely N-dealkylation sites (tertiary alicyclic amines) is 1. The summed E-state index contributed by atoms with van der Waals surface area (Å²) in [6.07, 6.45) is 7.52. The van der Waals surface area contributed by atoms with Crippen molar-refractivity contribution in [2.75, 3.05) is 18.0 Å². The van der Waals surface area contributed by atoms with Gasteiger partial charge in [0.15, 0.2) is 5.65 Å². The van der Waals surface area contributed by atoms with E-state index in [1.807, 2.05) is 29.1 Å². The Hall–Kier alpha value is -4.59. The molecular weight excluding hydrogens is 487 g/mol. The minimum atomic E-state index is -0.597. The summed E-state index contributed by atoms with van der Waals surface area (Å²) >= 11 is 0. The summed E-state index contributed by atoms with van der Waals surface area (Å²) in [4.78, 5) is 32.3. The Morgan fingerprint density at radius 2 is 1.97 bits per heavy atom. The molecule has 0 unspecified atom stereocenters. The molecule has 0 atom stereocenters. The third kappa shape index (κ3) is 4.08. The van der Waals surface area contributed by atoms with Gasteiger partial charge in [-0.2, -0.15) is 15.3 Å². The van der Waals surface area contributed by atoms with Gasteiger partial charge in [-0.25, -0.2) is 8.91 Å². The number of carbonyl (C=O) groups is 2. The van der Waals surface area contributed by atoms with Gasteiger partial charge in [-0.15, -0.1) is 5.10 Å². The summed E-state index contributed by atoms with van der Waals surface area (Å²) in [5, 5.41) is 18.9. The second kappa shape index (κ2) is 9.37. The Labute approximate surface area is 217 Å². The molecule has 1 saturated carbocycles. The minimum Gasteiger partial charge on any atom is -0.338 e. The molecule has 10 nitrogen and oxygen atoms in total. The summed E-state index contributed by atoms with van der Waals surface area (Å²) in [5.74, 6) is -0.517. The molecule has 38 heavy (non-hydrogen) atoms. The van der Waals surface area contributed by atoms with Crippen LogP contribution in [0.2, 0.25) is 0 Å². The Balaban J connectivity index is 1.27. The number of carbonyl (C=O) groups excluding carboxylic acids is 2. The number of halogens is 1. The highest BCUT2D eigenvalue weighted by atomic mass is 19.1. The van der Waals surface area contributed by atoms with Gasteiger partial charge in [0, 0.05) is 30.9 Å². The fourth-order valence-electron chi connectivity index (χ4n) is 5.15. The van der Waals surface area contributed by atoms with Crippen LogP contribution in [0.4, 0.5) is 10.3 Å². The van der Waals surface area contributed by atoms with Gasteiger partial charge in [0.1, 0.15) is 5.82 Å². The van der Waals surface area contributed by atoms with Gasteiger partial charge >= 0.3 is 0 Å². The van der Waals surface area contributed by atoms with Crippen LogP contribution < -0.4 is 4.90 Å². The van der Waals surface area contributed by atoms with Gasteiger partial charge < -0.3 is 4.90 Å². The molecule has 0 bridgehead atoms. The molecule has 0 N–H and O–H groups in total. The van der Waals surface area contributed by atoms with Gasteiger partial charge in [-0.1, -0.05) is 18.2 Å². The zero-order valence-corrected chi connectivity index (χ0v) is 20.6. The molecule has 6 rings (SSSR count). The highest BCUT2D eigenvalue weighted by molar-refractivity contribution is 5.94. The number of aromatic nitrogens is 5. The van der Waals surface area contributed by atoms with Crippen LogP contribution in [0.25, 0.3) is 16.9 Å². The molecule has 11 heteroatoms. The number of hydrogen-bond acceptors (Lipinski definition) is 6. The van der Waals surface area contributed by atoms with E-state index in [2.05, 4.69) is 21.3 Å². The molecule has 0 spiro atoms. The molecule has 2 fully saturated rings. The minimum absolute atomic E-state index is 0.0526. The number of piperidine rings is 1. The maximum absolute atomic E-state index is 14.2. The smallest absolute Gasteiger partial charge is 0.256 e. The molecule has 1 aliphatic carbocycles. The largest absolute Gasteiger partial charge is 0.338 e. The number of nitrogens with zero attached hydrogens (tertiary/aromatic N) is 8. The third-order valence-corrected chi connectivity index (χ3v) is 7.49. The van der Waals surface area contributed by atoms with E-state index in [-0.39, 0.29) is 23.9 Å². The lowest BCUT2D eigenvalue weighted by Crippen LogP contribution is -2.48. The number of fused-ring (bicyclic) bond motifs is 1. The van der Waals surface area contributed by atoms with E-state index in [0.717, 1.165) is 30.5 Å². The van der Waals surface area contributed by atoms with Crippen LogP contribution in [-0.2, 0) is 10.3 Å². The fourth-order valence-corrected chi connectivity index (χ4v) is 5.15. The van der Waals surface area contributed by atoms with Crippen molar-refractivity contribution in [1.29, 1.82) is 5.26 Å². The van der Waals surface area contributed by atoms with Crippen molar-refractivity contribution in [3.63, 3.8) is 0 Å². The molecule has 192 valence electrons. The first-order valence-electron chi connectivity index (χ1n) is 12.6. The van der Waals surface area contributed by atoms with Crippen molar-refractivity contribution in [1.82, 2.24) is 29.3 Å². The van der Waals surface area contributed by atoms with E-state index in [1.54, 1.807) is 32.6 Å². The third-order valence-electron chi connectivity index (χ3n) is 7.49. The monoisotopic (exact) mass is 512 g/mol. The van der Waals surface area contributed by atoms with E-state index >= 15 is 0 Å². The number of pyridine rings is 1. The topological polar surface area (TPSA) is 112 Å². The predicted octanol–water partition coefficient (Wildman–Crippen LogP) is 3.40. The summed E-state index contributed by atoms with van der Waals surface area (Å²) < 4.78 is 17.7. The lowest BCUT2D eigenvalue weighted by molar-refractivity contribution is -0.107. The molecule has 1 aromatic carbocycles. The highest BCUT2D eigenvalue weighted by Gasteiger charge is 2.39. The molecule has 2 aliphatic rings. The van der Waals surface area contributed by atoms with Crippen LogP contribution in [0.15, 0.2) is 54.9 Å². The molecule has 0 radical (unpaired) electrons. The maximum Gasteiger partial charge on any atom is 0.256 e. The maximum atomic E-state index is 14.2. The van der Waals surface area contributed by atoms with Gasteiger partial charge in [-0.3, -0.25) is 19.2 Å². The number of benzene rings is 1. The molecule has 4 heterocycles. The van der Waals surface area contributed by atoms with Crippen LogP contribution in [-0.4, -0.2) is 60.7 Å². The Morgan fingerprint density at radius 3 is 2.68 bits per heavy atom. The quantitative estimate of drug-likeness (QED) is 0.351. The molecule has 1 saturated heterocycles. The lowest BCUT2D eigenvalue weighted by Gasteiger charge is -2.40. The van der Waals surface area contributed by atoms with E-state index < -0.39 is 11.4 Å². The van der Waals surface area contributed by atoms with Gasteiger partial charge in [-0.05, 0) is 49.9 Å². The number of rotatable bonds is 7. The second-order valence-corrected chi connectivity index (χ2v) is 9.84. The molecule has 4 aromatic rings.